The minimum absolute atomic E-state index is 0.0624. The van der Waals surface area contributed by atoms with Crippen molar-refractivity contribution < 1.29 is 9.90 Å². The van der Waals surface area contributed by atoms with Crippen LogP contribution >= 0.6 is 11.6 Å². The highest BCUT2D eigenvalue weighted by Gasteiger charge is 2.31. The van der Waals surface area contributed by atoms with Crippen LogP contribution in [0.4, 0.5) is 4.79 Å². The Balaban J connectivity index is 2.00. The zero-order valence-electron chi connectivity index (χ0n) is 12.5. The molecule has 0 spiro atoms. The van der Waals surface area contributed by atoms with Gasteiger partial charge in [-0.3, -0.25) is 4.57 Å². The van der Waals surface area contributed by atoms with E-state index in [9.17, 15) is 4.79 Å². The third-order valence-corrected chi connectivity index (χ3v) is 4.31. The summed E-state index contributed by atoms with van der Waals surface area (Å²) >= 11 is 6.03. The van der Waals surface area contributed by atoms with E-state index >= 15 is 0 Å². The van der Waals surface area contributed by atoms with Crippen molar-refractivity contribution in [2.75, 3.05) is 13.1 Å². The Hall–Kier alpha value is -2.08. The average Bonchev–Trinajstić information content (AvgIpc) is 3.06. The molecule has 6 nitrogen and oxygen atoms in total. The maximum atomic E-state index is 11.1. The molecule has 1 N–H and O–H groups in total. The summed E-state index contributed by atoms with van der Waals surface area (Å²) in [6.07, 6.45) is -0.121. The summed E-state index contributed by atoms with van der Waals surface area (Å²) in [6, 6.07) is 5.69. The smallest absolute Gasteiger partial charge is 0.407 e. The van der Waals surface area contributed by atoms with Crippen LogP contribution in [0, 0.1) is 13.8 Å². The van der Waals surface area contributed by atoms with Crippen molar-refractivity contribution >= 4 is 17.7 Å². The number of benzene rings is 1. The molecule has 1 saturated heterocycles. The third-order valence-electron chi connectivity index (χ3n) is 4.07. The van der Waals surface area contributed by atoms with Crippen LogP contribution in [-0.4, -0.2) is 44.0 Å². The zero-order valence-corrected chi connectivity index (χ0v) is 13.2. The lowest BCUT2D eigenvalue weighted by Crippen LogP contribution is -2.26. The molecule has 1 fully saturated rings. The van der Waals surface area contributed by atoms with Gasteiger partial charge in [0.25, 0.3) is 0 Å². The molecule has 0 saturated carbocycles. The van der Waals surface area contributed by atoms with Crippen LogP contribution in [0.2, 0.25) is 5.02 Å². The molecule has 1 atom stereocenters. The van der Waals surface area contributed by atoms with Crippen LogP contribution in [0.15, 0.2) is 18.2 Å². The minimum Gasteiger partial charge on any atom is -0.465 e. The molecule has 7 heteroatoms. The first-order chi connectivity index (χ1) is 10.5. The fraction of sp³-hybridized carbons (Fsp3) is 0.400. The molecule has 1 aromatic carbocycles. The largest absolute Gasteiger partial charge is 0.465 e. The molecule has 0 bridgehead atoms. The minimum atomic E-state index is -0.882. The second-order valence-electron chi connectivity index (χ2n) is 5.59. The van der Waals surface area contributed by atoms with Gasteiger partial charge in [-0.15, -0.1) is 10.2 Å². The second-order valence-corrected chi connectivity index (χ2v) is 6.02. The van der Waals surface area contributed by atoms with Gasteiger partial charge in [-0.1, -0.05) is 11.6 Å². The van der Waals surface area contributed by atoms with E-state index in [4.69, 9.17) is 16.7 Å². The maximum Gasteiger partial charge on any atom is 0.407 e. The SMILES string of the molecule is Cc1cc(Cl)ccc1-n1c(C)nnc1C1CCN(C(=O)O)C1. The van der Waals surface area contributed by atoms with Gasteiger partial charge in [-0.05, 0) is 44.0 Å². The van der Waals surface area contributed by atoms with Crippen molar-refractivity contribution in [1.29, 1.82) is 0 Å². The van der Waals surface area contributed by atoms with Gasteiger partial charge in [0.15, 0.2) is 0 Å². The highest BCUT2D eigenvalue weighted by Crippen LogP contribution is 2.30. The van der Waals surface area contributed by atoms with Crippen molar-refractivity contribution in [3.05, 3.63) is 40.4 Å². The van der Waals surface area contributed by atoms with E-state index in [0.717, 1.165) is 29.3 Å². The van der Waals surface area contributed by atoms with E-state index in [1.807, 2.05) is 36.6 Å². The second kappa shape index (κ2) is 5.61. The van der Waals surface area contributed by atoms with Crippen LogP contribution in [0.5, 0.6) is 0 Å². The normalized spacial score (nSPS) is 18.0. The van der Waals surface area contributed by atoms with E-state index < -0.39 is 6.09 Å². The Morgan fingerprint density at radius 2 is 2.14 bits per heavy atom. The van der Waals surface area contributed by atoms with E-state index in [1.165, 1.54) is 4.90 Å². The molecule has 0 radical (unpaired) electrons. The number of hydrogen-bond acceptors (Lipinski definition) is 3. The molecule has 2 aromatic rings. The summed E-state index contributed by atoms with van der Waals surface area (Å²) in [4.78, 5) is 12.5. The predicted molar refractivity (Wildman–Crippen MR) is 82.8 cm³/mol. The monoisotopic (exact) mass is 320 g/mol. The third kappa shape index (κ3) is 2.54. The van der Waals surface area contributed by atoms with Gasteiger partial charge < -0.3 is 10.0 Å². The van der Waals surface area contributed by atoms with Gasteiger partial charge in [0, 0.05) is 24.0 Å². The summed E-state index contributed by atoms with van der Waals surface area (Å²) < 4.78 is 2.00. The van der Waals surface area contributed by atoms with Crippen LogP contribution in [0.25, 0.3) is 5.69 Å². The lowest BCUT2D eigenvalue weighted by Gasteiger charge is -2.16. The molecule has 1 amide bonds. The quantitative estimate of drug-likeness (QED) is 0.923. The highest BCUT2D eigenvalue weighted by molar-refractivity contribution is 6.30. The first-order valence-corrected chi connectivity index (χ1v) is 7.51. The summed E-state index contributed by atoms with van der Waals surface area (Å²) in [5, 5.41) is 18.3. The van der Waals surface area contributed by atoms with Crippen LogP contribution in [0.3, 0.4) is 0 Å². The number of nitrogens with zero attached hydrogens (tertiary/aromatic N) is 4. The lowest BCUT2D eigenvalue weighted by molar-refractivity contribution is 0.155. The van der Waals surface area contributed by atoms with Crippen LogP contribution < -0.4 is 0 Å². The number of likely N-dealkylation sites (tertiary alicyclic amines) is 1. The first-order valence-electron chi connectivity index (χ1n) is 7.13. The molecule has 3 rings (SSSR count). The van der Waals surface area contributed by atoms with E-state index in [2.05, 4.69) is 10.2 Å². The Morgan fingerprint density at radius 1 is 1.36 bits per heavy atom. The number of carbonyl (C=O) groups is 1. The van der Waals surface area contributed by atoms with Gasteiger partial charge in [0.05, 0.1) is 5.69 Å². The number of rotatable bonds is 2. The topological polar surface area (TPSA) is 71.2 Å². The van der Waals surface area contributed by atoms with Crippen molar-refractivity contribution in [3.8, 4) is 5.69 Å². The fourth-order valence-corrected chi connectivity index (χ4v) is 3.18. The number of aromatic nitrogens is 3. The molecule has 1 aliphatic rings. The Labute approximate surface area is 133 Å². The number of hydrogen-bond donors (Lipinski definition) is 1. The van der Waals surface area contributed by atoms with Crippen molar-refractivity contribution in [1.82, 2.24) is 19.7 Å². The maximum absolute atomic E-state index is 11.1. The Morgan fingerprint density at radius 3 is 2.77 bits per heavy atom. The summed E-state index contributed by atoms with van der Waals surface area (Å²) in [5.74, 6) is 1.66. The molecular formula is C15H17ClN4O2. The molecule has 1 aliphatic heterocycles. The summed E-state index contributed by atoms with van der Waals surface area (Å²) in [7, 11) is 0. The Kier molecular flexibility index (Phi) is 3.78. The molecule has 1 unspecified atom stereocenters. The average molecular weight is 321 g/mol. The number of halogens is 1. The molecule has 22 heavy (non-hydrogen) atoms. The molecular weight excluding hydrogens is 304 g/mol. The lowest BCUT2D eigenvalue weighted by atomic mass is 10.1. The van der Waals surface area contributed by atoms with Crippen molar-refractivity contribution in [2.24, 2.45) is 0 Å². The van der Waals surface area contributed by atoms with E-state index in [0.29, 0.717) is 18.1 Å². The summed E-state index contributed by atoms with van der Waals surface area (Å²) in [6.45, 7) is 4.88. The van der Waals surface area contributed by atoms with Gasteiger partial charge in [-0.25, -0.2) is 4.79 Å². The molecule has 0 aliphatic carbocycles. The molecule has 2 heterocycles. The first kappa shape index (κ1) is 14.8. The van der Waals surface area contributed by atoms with Gasteiger partial charge >= 0.3 is 6.09 Å². The fourth-order valence-electron chi connectivity index (χ4n) is 2.96. The van der Waals surface area contributed by atoms with Gasteiger partial charge in [-0.2, -0.15) is 0 Å². The van der Waals surface area contributed by atoms with E-state index in [-0.39, 0.29) is 5.92 Å². The number of aryl methyl sites for hydroxylation is 2. The van der Waals surface area contributed by atoms with Gasteiger partial charge in [0.1, 0.15) is 11.6 Å². The zero-order chi connectivity index (χ0) is 15.9. The highest BCUT2D eigenvalue weighted by atomic mass is 35.5. The van der Waals surface area contributed by atoms with Crippen molar-refractivity contribution in [2.45, 2.75) is 26.2 Å². The van der Waals surface area contributed by atoms with Crippen LogP contribution in [0.1, 0.15) is 29.6 Å². The standard InChI is InChI=1S/C15H17ClN4O2/c1-9-7-12(16)3-4-13(9)20-10(2)17-18-14(20)11-5-6-19(8-11)15(21)22/h3-4,7,11H,5-6,8H2,1-2H3,(H,21,22). The van der Waals surface area contributed by atoms with Crippen molar-refractivity contribution in [3.63, 3.8) is 0 Å². The molecule has 116 valence electrons. The van der Waals surface area contributed by atoms with Crippen LogP contribution in [-0.2, 0) is 0 Å². The van der Waals surface area contributed by atoms with E-state index in [1.54, 1.807) is 0 Å². The molecule has 1 aromatic heterocycles. The number of amides is 1. The Bertz CT molecular complexity index is 728. The summed E-state index contributed by atoms with van der Waals surface area (Å²) in [5.41, 5.74) is 2.01. The number of carboxylic acid groups (broad SMARTS) is 1. The van der Waals surface area contributed by atoms with Gasteiger partial charge in [0.2, 0.25) is 0 Å². The predicted octanol–water partition coefficient (Wildman–Crippen LogP) is 3.00.